The lowest BCUT2D eigenvalue weighted by Crippen LogP contribution is -2.34. The summed E-state index contributed by atoms with van der Waals surface area (Å²) in [5.41, 5.74) is 2.54. The molecule has 0 radical (unpaired) electrons. The van der Waals surface area contributed by atoms with Crippen molar-refractivity contribution < 1.29 is 9.59 Å². The van der Waals surface area contributed by atoms with Crippen LogP contribution in [-0.2, 0) is 4.79 Å². The van der Waals surface area contributed by atoms with E-state index in [0.29, 0.717) is 5.69 Å². The summed E-state index contributed by atoms with van der Waals surface area (Å²) >= 11 is 1.00. The minimum atomic E-state index is -0.584. The number of benzene rings is 2. The molecule has 0 bridgehead atoms. The number of hydrogen-bond acceptors (Lipinski definition) is 4. The van der Waals surface area contributed by atoms with E-state index in [0.717, 1.165) is 23.0 Å². The van der Waals surface area contributed by atoms with Gasteiger partial charge in [0.05, 0.1) is 5.69 Å². The van der Waals surface area contributed by atoms with Gasteiger partial charge in [-0.25, -0.2) is 4.90 Å². The number of rotatable bonds is 3. The van der Waals surface area contributed by atoms with Crippen LogP contribution >= 0.6 is 11.8 Å². The second kappa shape index (κ2) is 5.61. The van der Waals surface area contributed by atoms with Crippen molar-refractivity contribution in [3.8, 4) is 0 Å². The van der Waals surface area contributed by atoms with Crippen LogP contribution in [0.1, 0.15) is 5.56 Å². The third-order valence-corrected chi connectivity index (χ3v) is 4.12. The van der Waals surface area contributed by atoms with Crippen molar-refractivity contribution >= 4 is 34.3 Å². The number of carbonyl (C=O) groups is 2. The van der Waals surface area contributed by atoms with Crippen LogP contribution in [-0.4, -0.2) is 16.5 Å². The third kappa shape index (κ3) is 2.78. The molecule has 3 rings (SSSR count). The van der Waals surface area contributed by atoms with E-state index in [1.807, 2.05) is 49.4 Å². The maximum Gasteiger partial charge on any atom is 0.295 e. The Balaban J connectivity index is 1.81. The van der Waals surface area contributed by atoms with Gasteiger partial charge in [-0.3, -0.25) is 9.59 Å². The van der Waals surface area contributed by atoms with Crippen LogP contribution in [0.25, 0.3) is 0 Å². The molecule has 0 spiro atoms. The molecule has 1 aliphatic rings. The number of thioether (sulfide) groups is 1. The zero-order valence-electron chi connectivity index (χ0n) is 11.4. The first-order valence-electron chi connectivity index (χ1n) is 6.58. The number of para-hydroxylation sites is 1. The molecule has 2 aromatic carbocycles. The van der Waals surface area contributed by atoms with Gasteiger partial charge in [0.15, 0.2) is 5.37 Å². The summed E-state index contributed by atoms with van der Waals surface area (Å²) in [7, 11) is 0. The fraction of sp³-hybridized carbons (Fsp3) is 0.125. The summed E-state index contributed by atoms with van der Waals surface area (Å²) in [6.07, 6.45) is 0. The SMILES string of the molecule is Cc1cccc(N[C@H]2SC(=O)N(c3ccccc3)C2=O)c1. The highest BCUT2D eigenvalue weighted by atomic mass is 32.2. The highest BCUT2D eigenvalue weighted by Gasteiger charge is 2.40. The van der Waals surface area contributed by atoms with Crippen LogP contribution in [0.5, 0.6) is 0 Å². The monoisotopic (exact) mass is 298 g/mol. The Bertz CT molecular complexity index is 688. The molecular formula is C16H14N2O2S. The first kappa shape index (κ1) is 13.7. The number of nitrogens with one attached hydrogen (secondary N) is 1. The highest BCUT2D eigenvalue weighted by Crippen LogP contribution is 2.32. The van der Waals surface area contributed by atoms with Crippen LogP contribution in [0.3, 0.4) is 0 Å². The van der Waals surface area contributed by atoms with Gasteiger partial charge in [-0.05, 0) is 48.5 Å². The number of anilines is 2. The molecule has 5 heteroatoms. The first-order valence-corrected chi connectivity index (χ1v) is 7.46. The van der Waals surface area contributed by atoms with Crippen molar-refractivity contribution in [1.82, 2.24) is 0 Å². The van der Waals surface area contributed by atoms with Gasteiger partial charge in [0.25, 0.3) is 11.1 Å². The number of amides is 2. The number of imide groups is 1. The van der Waals surface area contributed by atoms with Crippen LogP contribution in [0.4, 0.5) is 16.2 Å². The maximum atomic E-state index is 12.4. The molecule has 2 aromatic rings. The Morgan fingerprint density at radius 1 is 1.05 bits per heavy atom. The Hall–Kier alpha value is -2.27. The van der Waals surface area contributed by atoms with E-state index in [4.69, 9.17) is 0 Å². The van der Waals surface area contributed by atoms with Gasteiger partial charge in [-0.15, -0.1) is 0 Å². The molecule has 1 fully saturated rings. The summed E-state index contributed by atoms with van der Waals surface area (Å²) < 4.78 is 0. The Morgan fingerprint density at radius 2 is 1.81 bits per heavy atom. The van der Waals surface area contributed by atoms with Crippen LogP contribution < -0.4 is 10.2 Å². The number of nitrogens with zero attached hydrogens (tertiary/aromatic N) is 1. The van der Waals surface area contributed by atoms with Gasteiger partial charge in [-0.2, -0.15) is 0 Å². The Morgan fingerprint density at radius 3 is 2.52 bits per heavy atom. The zero-order valence-corrected chi connectivity index (χ0v) is 12.3. The van der Waals surface area contributed by atoms with Crippen molar-refractivity contribution in [3.05, 3.63) is 60.2 Å². The molecule has 1 aliphatic heterocycles. The Kier molecular flexibility index (Phi) is 3.66. The predicted octanol–water partition coefficient (Wildman–Crippen LogP) is 3.63. The van der Waals surface area contributed by atoms with E-state index in [2.05, 4.69) is 5.32 Å². The fourth-order valence-corrected chi connectivity index (χ4v) is 3.10. The van der Waals surface area contributed by atoms with Gasteiger partial charge in [0.1, 0.15) is 0 Å². The highest BCUT2D eigenvalue weighted by molar-refractivity contribution is 8.16. The molecule has 1 atom stereocenters. The lowest BCUT2D eigenvalue weighted by molar-refractivity contribution is -0.116. The van der Waals surface area contributed by atoms with E-state index in [9.17, 15) is 9.59 Å². The molecule has 0 aliphatic carbocycles. The molecule has 2 amide bonds. The molecule has 0 aromatic heterocycles. The van der Waals surface area contributed by atoms with Gasteiger partial charge in [0, 0.05) is 5.69 Å². The number of hydrogen-bond donors (Lipinski definition) is 1. The lowest BCUT2D eigenvalue weighted by atomic mass is 10.2. The van der Waals surface area contributed by atoms with Crippen LogP contribution in [0, 0.1) is 6.92 Å². The summed E-state index contributed by atoms with van der Waals surface area (Å²) in [6.45, 7) is 1.98. The van der Waals surface area contributed by atoms with Crippen LogP contribution in [0.15, 0.2) is 54.6 Å². The maximum absolute atomic E-state index is 12.4. The van der Waals surface area contributed by atoms with E-state index in [-0.39, 0.29) is 11.1 Å². The largest absolute Gasteiger partial charge is 0.365 e. The van der Waals surface area contributed by atoms with Crippen molar-refractivity contribution in [1.29, 1.82) is 0 Å². The Labute approximate surface area is 127 Å². The summed E-state index contributed by atoms with van der Waals surface area (Å²) in [5.74, 6) is -0.238. The quantitative estimate of drug-likeness (QED) is 0.940. The normalized spacial score (nSPS) is 18.1. The van der Waals surface area contributed by atoms with E-state index >= 15 is 0 Å². The van der Waals surface area contributed by atoms with Gasteiger partial charge in [-0.1, -0.05) is 30.3 Å². The minimum Gasteiger partial charge on any atom is -0.365 e. The molecule has 1 N–H and O–H groups in total. The lowest BCUT2D eigenvalue weighted by Gasteiger charge is -2.15. The molecule has 1 saturated heterocycles. The average molecular weight is 298 g/mol. The van der Waals surface area contributed by atoms with Gasteiger partial charge >= 0.3 is 0 Å². The smallest absolute Gasteiger partial charge is 0.295 e. The van der Waals surface area contributed by atoms with E-state index < -0.39 is 5.37 Å². The molecule has 21 heavy (non-hydrogen) atoms. The van der Waals surface area contributed by atoms with Gasteiger partial charge < -0.3 is 5.32 Å². The molecule has 0 saturated carbocycles. The zero-order chi connectivity index (χ0) is 14.8. The first-order chi connectivity index (χ1) is 10.1. The standard InChI is InChI=1S/C16H14N2O2S/c1-11-6-5-7-12(10-11)17-14-15(19)18(16(20)21-14)13-8-3-2-4-9-13/h2-10,14,17H,1H3/t14-/m0/s1. The van der Waals surface area contributed by atoms with Crippen molar-refractivity contribution in [3.63, 3.8) is 0 Å². The molecule has 0 unspecified atom stereocenters. The minimum absolute atomic E-state index is 0.238. The summed E-state index contributed by atoms with van der Waals surface area (Å²) in [5, 5.41) is 2.28. The summed E-state index contributed by atoms with van der Waals surface area (Å²) in [4.78, 5) is 25.7. The number of aryl methyl sites for hydroxylation is 1. The van der Waals surface area contributed by atoms with Crippen molar-refractivity contribution in [2.45, 2.75) is 12.3 Å². The average Bonchev–Trinajstić information content (AvgIpc) is 2.74. The fourth-order valence-electron chi connectivity index (χ4n) is 2.20. The van der Waals surface area contributed by atoms with E-state index in [1.54, 1.807) is 12.1 Å². The number of carbonyl (C=O) groups excluding carboxylic acids is 2. The van der Waals surface area contributed by atoms with Crippen molar-refractivity contribution in [2.75, 3.05) is 10.2 Å². The molecule has 106 valence electrons. The second-order valence-electron chi connectivity index (χ2n) is 4.79. The third-order valence-electron chi connectivity index (χ3n) is 3.18. The molecule has 1 heterocycles. The van der Waals surface area contributed by atoms with Crippen LogP contribution in [0.2, 0.25) is 0 Å². The predicted molar refractivity (Wildman–Crippen MR) is 85.5 cm³/mol. The second-order valence-corrected chi connectivity index (χ2v) is 5.84. The topological polar surface area (TPSA) is 49.4 Å². The molecule has 4 nitrogen and oxygen atoms in total. The molecular weight excluding hydrogens is 284 g/mol. The van der Waals surface area contributed by atoms with Gasteiger partial charge in [0.2, 0.25) is 0 Å². The van der Waals surface area contributed by atoms with E-state index in [1.165, 1.54) is 4.90 Å². The summed E-state index contributed by atoms with van der Waals surface area (Å²) in [6, 6.07) is 16.7. The van der Waals surface area contributed by atoms with Crippen molar-refractivity contribution in [2.24, 2.45) is 0 Å².